The Bertz CT molecular complexity index is 474. The van der Waals surface area contributed by atoms with Gasteiger partial charge in [0.15, 0.2) is 0 Å². The molecule has 1 unspecified atom stereocenters. The van der Waals surface area contributed by atoms with Crippen LogP contribution in [0.15, 0.2) is 18.6 Å². The van der Waals surface area contributed by atoms with Gasteiger partial charge in [-0.25, -0.2) is 9.97 Å². The van der Waals surface area contributed by atoms with E-state index >= 15 is 0 Å². The van der Waals surface area contributed by atoms with Crippen molar-refractivity contribution in [3.05, 3.63) is 24.4 Å². The summed E-state index contributed by atoms with van der Waals surface area (Å²) in [6.07, 6.45) is 7.30. The molecular formula is C11H14N6. The van der Waals surface area contributed by atoms with Gasteiger partial charge in [0, 0.05) is 24.9 Å². The lowest BCUT2D eigenvalue weighted by molar-refractivity contribution is 0.447. The number of rotatable bonds is 2. The molecule has 0 aromatic carbocycles. The Kier molecular flexibility index (Phi) is 2.79. The fourth-order valence-electron chi connectivity index (χ4n) is 2.07. The largest absolute Gasteiger partial charge is 0.316 e. The van der Waals surface area contributed by atoms with E-state index in [1.54, 1.807) is 18.6 Å². The molecule has 6 heteroatoms. The summed E-state index contributed by atoms with van der Waals surface area (Å²) < 4.78 is 0. The number of aromatic nitrogens is 5. The summed E-state index contributed by atoms with van der Waals surface area (Å²) in [6, 6.07) is 0. The molecule has 3 rings (SSSR count). The number of nitrogens with one attached hydrogen (secondary N) is 2. The van der Waals surface area contributed by atoms with E-state index in [-0.39, 0.29) is 0 Å². The zero-order valence-corrected chi connectivity index (χ0v) is 9.43. The number of hydrogen-bond donors (Lipinski definition) is 2. The number of piperidine rings is 1. The molecule has 0 radical (unpaired) electrons. The molecule has 1 aliphatic heterocycles. The first-order chi connectivity index (χ1) is 8.43. The molecule has 1 fully saturated rings. The summed E-state index contributed by atoms with van der Waals surface area (Å²) in [4.78, 5) is 12.7. The van der Waals surface area contributed by atoms with Crippen molar-refractivity contribution in [3.8, 4) is 11.5 Å². The first-order valence-electron chi connectivity index (χ1n) is 5.83. The second kappa shape index (κ2) is 4.58. The molecule has 1 saturated heterocycles. The number of nitrogens with zero attached hydrogens (tertiary/aromatic N) is 4. The van der Waals surface area contributed by atoms with Gasteiger partial charge in [-0.1, -0.05) is 0 Å². The topological polar surface area (TPSA) is 79.4 Å². The molecule has 17 heavy (non-hydrogen) atoms. The highest BCUT2D eigenvalue weighted by atomic mass is 15.2. The van der Waals surface area contributed by atoms with Gasteiger partial charge in [0.2, 0.25) is 5.82 Å². The van der Waals surface area contributed by atoms with Gasteiger partial charge in [-0.2, -0.15) is 5.10 Å². The minimum Gasteiger partial charge on any atom is -0.316 e. The van der Waals surface area contributed by atoms with Gasteiger partial charge >= 0.3 is 0 Å². The Balaban J connectivity index is 1.83. The van der Waals surface area contributed by atoms with Crippen molar-refractivity contribution in [1.82, 2.24) is 30.5 Å². The monoisotopic (exact) mass is 230 g/mol. The Morgan fingerprint density at radius 1 is 1.29 bits per heavy atom. The maximum absolute atomic E-state index is 4.50. The van der Waals surface area contributed by atoms with Crippen LogP contribution in [0.5, 0.6) is 0 Å². The van der Waals surface area contributed by atoms with Gasteiger partial charge < -0.3 is 5.32 Å². The van der Waals surface area contributed by atoms with Crippen LogP contribution in [-0.4, -0.2) is 38.2 Å². The zero-order chi connectivity index (χ0) is 11.5. The smallest absolute Gasteiger partial charge is 0.201 e. The fourth-order valence-corrected chi connectivity index (χ4v) is 2.07. The number of hydrogen-bond acceptors (Lipinski definition) is 5. The molecule has 88 valence electrons. The second-order valence-corrected chi connectivity index (χ2v) is 4.18. The molecule has 0 amide bonds. The van der Waals surface area contributed by atoms with Crippen molar-refractivity contribution < 1.29 is 0 Å². The van der Waals surface area contributed by atoms with Crippen LogP contribution < -0.4 is 5.32 Å². The van der Waals surface area contributed by atoms with Crippen molar-refractivity contribution in [2.45, 2.75) is 18.8 Å². The number of aromatic amines is 1. The fraction of sp³-hybridized carbons (Fsp3) is 0.455. The molecule has 0 aliphatic carbocycles. The minimum atomic E-state index is 0.432. The van der Waals surface area contributed by atoms with Crippen LogP contribution in [-0.2, 0) is 0 Å². The summed E-state index contributed by atoms with van der Waals surface area (Å²) in [5, 5.41) is 10.6. The molecule has 0 spiro atoms. The van der Waals surface area contributed by atoms with E-state index in [4.69, 9.17) is 0 Å². The van der Waals surface area contributed by atoms with E-state index in [0.29, 0.717) is 17.4 Å². The highest BCUT2D eigenvalue weighted by Crippen LogP contribution is 2.21. The molecular weight excluding hydrogens is 216 g/mol. The molecule has 2 aromatic rings. The Hall–Kier alpha value is -1.82. The standard InChI is InChI=1S/C11H14N6/c1-2-8(6-12-3-1)10-15-11(17-16-10)9-7-13-4-5-14-9/h4-5,7-8,12H,1-3,6H2,(H,15,16,17). The van der Waals surface area contributed by atoms with Gasteiger partial charge in [0.05, 0.1) is 6.20 Å². The predicted molar refractivity (Wildman–Crippen MR) is 62.3 cm³/mol. The van der Waals surface area contributed by atoms with Gasteiger partial charge in [-0.05, 0) is 19.4 Å². The quantitative estimate of drug-likeness (QED) is 0.795. The summed E-state index contributed by atoms with van der Waals surface area (Å²) in [7, 11) is 0. The van der Waals surface area contributed by atoms with Crippen LogP contribution >= 0.6 is 0 Å². The first kappa shape index (κ1) is 10.3. The van der Waals surface area contributed by atoms with E-state index < -0.39 is 0 Å². The van der Waals surface area contributed by atoms with E-state index in [2.05, 4.69) is 30.5 Å². The molecule has 1 atom stereocenters. The highest BCUT2D eigenvalue weighted by molar-refractivity contribution is 5.46. The molecule has 2 N–H and O–H groups in total. The lowest BCUT2D eigenvalue weighted by atomic mass is 9.99. The van der Waals surface area contributed by atoms with Gasteiger partial charge in [0.1, 0.15) is 11.5 Å². The molecule has 2 aromatic heterocycles. The van der Waals surface area contributed by atoms with Crippen molar-refractivity contribution in [2.75, 3.05) is 13.1 Å². The van der Waals surface area contributed by atoms with E-state index in [1.165, 1.54) is 6.42 Å². The van der Waals surface area contributed by atoms with Gasteiger partial charge in [0.25, 0.3) is 0 Å². The van der Waals surface area contributed by atoms with Crippen LogP contribution in [0.1, 0.15) is 24.6 Å². The number of H-pyrrole nitrogens is 1. The minimum absolute atomic E-state index is 0.432. The molecule has 6 nitrogen and oxygen atoms in total. The average Bonchev–Trinajstić information content (AvgIpc) is 2.90. The van der Waals surface area contributed by atoms with Crippen molar-refractivity contribution >= 4 is 0 Å². The maximum atomic E-state index is 4.50. The third-order valence-corrected chi connectivity index (χ3v) is 2.98. The first-order valence-corrected chi connectivity index (χ1v) is 5.83. The summed E-state index contributed by atoms with van der Waals surface area (Å²) in [5.41, 5.74) is 0.707. The van der Waals surface area contributed by atoms with Crippen molar-refractivity contribution in [1.29, 1.82) is 0 Å². The Morgan fingerprint density at radius 2 is 2.29 bits per heavy atom. The van der Waals surface area contributed by atoms with E-state index in [0.717, 1.165) is 25.3 Å². The van der Waals surface area contributed by atoms with Gasteiger partial charge in [-0.3, -0.25) is 10.1 Å². The maximum Gasteiger partial charge on any atom is 0.201 e. The highest BCUT2D eigenvalue weighted by Gasteiger charge is 2.19. The SMILES string of the molecule is c1cnc(-c2n[nH]c(C3CCCNC3)n2)cn1. The third kappa shape index (κ3) is 2.16. The van der Waals surface area contributed by atoms with Crippen LogP contribution in [0.25, 0.3) is 11.5 Å². The van der Waals surface area contributed by atoms with E-state index in [9.17, 15) is 0 Å². The van der Waals surface area contributed by atoms with Crippen LogP contribution in [0.4, 0.5) is 0 Å². The molecule has 0 saturated carbocycles. The second-order valence-electron chi connectivity index (χ2n) is 4.18. The normalized spacial score (nSPS) is 20.4. The summed E-state index contributed by atoms with van der Waals surface area (Å²) in [5.74, 6) is 2.00. The van der Waals surface area contributed by atoms with Crippen LogP contribution in [0.3, 0.4) is 0 Å². The predicted octanol–water partition coefficient (Wildman–Crippen LogP) is 0.729. The molecule has 1 aliphatic rings. The van der Waals surface area contributed by atoms with Crippen LogP contribution in [0.2, 0.25) is 0 Å². The zero-order valence-electron chi connectivity index (χ0n) is 9.43. The molecule has 3 heterocycles. The Morgan fingerprint density at radius 3 is 3.06 bits per heavy atom. The summed E-state index contributed by atoms with van der Waals surface area (Å²) in [6.45, 7) is 2.07. The van der Waals surface area contributed by atoms with Gasteiger partial charge in [-0.15, -0.1) is 0 Å². The Labute approximate surface area is 98.9 Å². The summed E-state index contributed by atoms with van der Waals surface area (Å²) >= 11 is 0. The van der Waals surface area contributed by atoms with Crippen molar-refractivity contribution in [2.24, 2.45) is 0 Å². The average molecular weight is 230 g/mol. The lowest BCUT2D eigenvalue weighted by Crippen LogP contribution is -2.28. The van der Waals surface area contributed by atoms with E-state index in [1.807, 2.05) is 0 Å². The van der Waals surface area contributed by atoms with Crippen LogP contribution in [0, 0.1) is 0 Å². The third-order valence-electron chi connectivity index (χ3n) is 2.98. The van der Waals surface area contributed by atoms with Crippen molar-refractivity contribution in [3.63, 3.8) is 0 Å². The lowest BCUT2D eigenvalue weighted by Gasteiger charge is -2.20. The molecule has 0 bridgehead atoms.